The summed E-state index contributed by atoms with van der Waals surface area (Å²) in [6.07, 6.45) is 1.36. The number of carbonyl (C=O) groups is 1. The standard InChI is InChI=1S/C31H27ClN6O5S/c1-15-9-21(28-27(35-15)25(31(40)41)16(2)44-28)20-10-18(32)5-6-24(20)42-8-7-38-17(3)36-23-12-34-29(43-19-13-37(4)14-19)22(11-33)26(23)30(38)39/h5-6,9-10,12,19H,7-8,13-14H2,1-4H3,(H,40,41). The van der Waals surface area contributed by atoms with Crippen LogP contribution in [0, 0.1) is 32.1 Å². The van der Waals surface area contributed by atoms with Crippen molar-refractivity contribution in [2.45, 2.75) is 33.4 Å². The van der Waals surface area contributed by atoms with Crippen LogP contribution in [0.25, 0.3) is 32.2 Å². The number of benzene rings is 1. The number of nitrogens with zero attached hydrogens (tertiary/aromatic N) is 6. The molecule has 5 aromatic rings. The molecule has 44 heavy (non-hydrogen) atoms. The summed E-state index contributed by atoms with van der Waals surface area (Å²) in [6, 6.07) is 9.19. The molecule has 1 saturated heterocycles. The van der Waals surface area contributed by atoms with Gasteiger partial charge in [0.05, 0.1) is 39.4 Å². The average Bonchev–Trinajstić information content (AvgIpc) is 3.29. The molecule has 0 bridgehead atoms. The smallest absolute Gasteiger partial charge is 0.339 e. The predicted octanol–water partition coefficient (Wildman–Crippen LogP) is 4.99. The molecule has 1 aliphatic heterocycles. The number of aryl methyl sites for hydroxylation is 3. The summed E-state index contributed by atoms with van der Waals surface area (Å²) in [7, 11) is 1.97. The minimum atomic E-state index is -1.03. The Bertz CT molecular complexity index is 2080. The fraction of sp³-hybridized carbons (Fsp3) is 0.290. The molecule has 11 nitrogen and oxygen atoms in total. The molecule has 0 saturated carbocycles. The Morgan fingerprint density at radius 2 is 1.98 bits per heavy atom. The Balaban J connectivity index is 1.33. The van der Waals surface area contributed by atoms with E-state index in [1.807, 2.05) is 13.1 Å². The van der Waals surface area contributed by atoms with Crippen molar-refractivity contribution in [1.29, 1.82) is 5.26 Å². The highest BCUT2D eigenvalue weighted by molar-refractivity contribution is 7.20. The van der Waals surface area contributed by atoms with Crippen molar-refractivity contribution in [2.75, 3.05) is 26.7 Å². The molecule has 1 aromatic carbocycles. The molecule has 0 spiro atoms. The van der Waals surface area contributed by atoms with Gasteiger partial charge in [-0.1, -0.05) is 11.6 Å². The minimum Gasteiger partial charge on any atom is -0.491 e. The summed E-state index contributed by atoms with van der Waals surface area (Å²) < 4.78 is 14.3. The van der Waals surface area contributed by atoms with E-state index in [0.717, 1.165) is 5.56 Å². The molecule has 1 fully saturated rings. The lowest BCUT2D eigenvalue weighted by Gasteiger charge is -2.35. The monoisotopic (exact) mass is 630 g/mol. The number of rotatable bonds is 8. The Kier molecular flexibility index (Phi) is 7.71. The number of thiophene rings is 1. The first-order valence-electron chi connectivity index (χ1n) is 13.8. The number of hydrogen-bond acceptors (Lipinski definition) is 10. The number of aromatic carboxylic acids is 1. The van der Waals surface area contributed by atoms with Crippen LogP contribution in [-0.4, -0.2) is 68.3 Å². The maximum absolute atomic E-state index is 13.7. The number of hydrogen-bond donors (Lipinski definition) is 1. The van der Waals surface area contributed by atoms with E-state index in [4.69, 9.17) is 21.1 Å². The Morgan fingerprint density at radius 1 is 1.20 bits per heavy atom. The third-order valence-electron chi connectivity index (χ3n) is 7.54. The van der Waals surface area contributed by atoms with Crippen molar-refractivity contribution in [2.24, 2.45) is 0 Å². The van der Waals surface area contributed by atoms with Crippen molar-refractivity contribution in [3.05, 3.63) is 73.4 Å². The lowest BCUT2D eigenvalue weighted by molar-refractivity contribution is 0.0355. The largest absolute Gasteiger partial charge is 0.491 e. The fourth-order valence-corrected chi connectivity index (χ4v) is 6.76. The molecule has 1 aliphatic rings. The second-order valence-electron chi connectivity index (χ2n) is 10.7. The molecular formula is C31H27ClN6O5S. The van der Waals surface area contributed by atoms with Crippen LogP contribution in [0.5, 0.6) is 11.6 Å². The van der Waals surface area contributed by atoms with E-state index in [0.29, 0.717) is 61.6 Å². The molecule has 1 N–H and O–H groups in total. The molecule has 0 radical (unpaired) electrons. The molecule has 224 valence electrons. The van der Waals surface area contributed by atoms with Crippen LogP contribution >= 0.6 is 22.9 Å². The number of aromatic nitrogens is 4. The van der Waals surface area contributed by atoms with Crippen LogP contribution < -0.4 is 15.0 Å². The van der Waals surface area contributed by atoms with Crippen molar-refractivity contribution >= 4 is 50.0 Å². The fourth-order valence-electron chi connectivity index (χ4n) is 5.47. The highest BCUT2D eigenvalue weighted by Gasteiger charge is 2.28. The van der Waals surface area contributed by atoms with Crippen LogP contribution in [0.1, 0.15) is 32.3 Å². The summed E-state index contributed by atoms with van der Waals surface area (Å²) in [4.78, 5) is 41.8. The van der Waals surface area contributed by atoms with Crippen molar-refractivity contribution in [1.82, 2.24) is 24.4 Å². The van der Waals surface area contributed by atoms with Crippen molar-refractivity contribution in [3.63, 3.8) is 0 Å². The first-order valence-corrected chi connectivity index (χ1v) is 15.0. The quantitative estimate of drug-likeness (QED) is 0.249. The number of pyridine rings is 2. The number of likely N-dealkylation sites (tertiary alicyclic amines) is 1. The third kappa shape index (κ3) is 5.23. The number of halogens is 1. The van der Waals surface area contributed by atoms with E-state index in [9.17, 15) is 20.0 Å². The zero-order valence-electron chi connectivity index (χ0n) is 24.3. The summed E-state index contributed by atoms with van der Waals surface area (Å²) in [5.74, 6) is 0.0500. The molecular weight excluding hydrogens is 604 g/mol. The van der Waals surface area contributed by atoms with Crippen LogP contribution in [0.15, 0.2) is 35.3 Å². The number of carboxylic acids is 1. The van der Waals surface area contributed by atoms with E-state index in [2.05, 4.69) is 25.9 Å². The number of carboxylic acid groups (broad SMARTS) is 1. The maximum Gasteiger partial charge on any atom is 0.339 e. The van der Waals surface area contributed by atoms with Gasteiger partial charge in [-0.2, -0.15) is 5.26 Å². The predicted molar refractivity (Wildman–Crippen MR) is 167 cm³/mol. The van der Waals surface area contributed by atoms with Gasteiger partial charge in [0.15, 0.2) is 0 Å². The summed E-state index contributed by atoms with van der Waals surface area (Å²) >= 11 is 7.76. The van der Waals surface area contributed by atoms with Gasteiger partial charge in [-0.25, -0.2) is 14.8 Å². The number of ether oxygens (including phenoxy) is 2. The van der Waals surface area contributed by atoms with Gasteiger partial charge >= 0.3 is 5.97 Å². The topological polar surface area (TPSA) is 143 Å². The molecule has 5 heterocycles. The van der Waals surface area contributed by atoms with Crippen LogP contribution in [0.2, 0.25) is 5.02 Å². The van der Waals surface area contributed by atoms with Crippen LogP contribution in [0.3, 0.4) is 0 Å². The van der Waals surface area contributed by atoms with E-state index >= 15 is 0 Å². The lowest BCUT2D eigenvalue weighted by atomic mass is 10.0. The Labute approximate surface area is 260 Å². The van der Waals surface area contributed by atoms with Gasteiger partial charge in [-0.15, -0.1) is 11.3 Å². The van der Waals surface area contributed by atoms with Crippen LogP contribution in [0.4, 0.5) is 0 Å². The summed E-state index contributed by atoms with van der Waals surface area (Å²) in [5, 5.41) is 20.4. The number of fused-ring (bicyclic) bond motifs is 2. The molecule has 13 heteroatoms. The first-order chi connectivity index (χ1) is 21.0. The SMILES string of the molecule is Cc1cc(-c2cc(Cl)ccc2OCCn2c(C)nc3cnc(OC4CN(C)C4)c(C#N)c3c2=O)c2sc(C)c(C(=O)O)c2n1. The first kappa shape index (κ1) is 29.5. The van der Waals surface area contributed by atoms with E-state index in [1.165, 1.54) is 22.1 Å². The molecule has 0 amide bonds. The second-order valence-corrected chi connectivity index (χ2v) is 12.4. The summed E-state index contributed by atoms with van der Waals surface area (Å²) in [5.41, 5.74) is 2.68. The zero-order chi connectivity index (χ0) is 31.3. The van der Waals surface area contributed by atoms with Gasteiger partial charge in [-0.05, 0) is 52.1 Å². The zero-order valence-corrected chi connectivity index (χ0v) is 25.9. The molecule has 6 rings (SSSR count). The Hall–Kier alpha value is -4.57. The molecule has 0 unspecified atom stereocenters. The minimum absolute atomic E-state index is 0.0632. The number of nitriles is 1. The third-order valence-corrected chi connectivity index (χ3v) is 8.90. The maximum atomic E-state index is 13.7. The van der Waals surface area contributed by atoms with E-state index in [1.54, 1.807) is 39.0 Å². The normalized spacial score (nSPS) is 13.6. The van der Waals surface area contributed by atoms with Gasteiger partial charge in [0.25, 0.3) is 5.56 Å². The summed E-state index contributed by atoms with van der Waals surface area (Å²) in [6.45, 7) is 6.95. The molecule has 4 aromatic heterocycles. The van der Waals surface area contributed by atoms with Gasteiger partial charge in [0, 0.05) is 39.8 Å². The molecule has 0 atom stereocenters. The molecule has 0 aliphatic carbocycles. The highest BCUT2D eigenvalue weighted by Crippen LogP contribution is 2.42. The lowest BCUT2D eigenvalue weighted by Crippen LogP contribution is -2.51. The van der Waals surface area contributed by atoms with Gasteiger partial charge < -0.3 is 14.6 Å². The number of likely N-dealkylation sites (N-methyl/N-ethyl adjacent to an activating group) is 1. The van der Waals surface area contributed by atoms with E-state index in [-0.39, 0.29) is 47.2 Å². The average molecular weight is 631 g/mol. The van der Waals surface area contributed by atoms with Crippen molar-refractivity contribution in [3.8, 4) is 28.8 Å². The highest BCUT2D eigenvalue weighted by atomic mass is 35.5. The van der Waals surface area contributed by atoms with Crippen molar-refractivity contribution < 1.29 is 19.4 Å². The van der Waals surface area contributed by atoms with Gasteiger partial charge in [0.2, 0.25) is 5.88 Å². The van der Waals surface area contributed by atoms with Gasteiger partial charge in [0.1, 0.15) is 35.9 Å². The second kappa shape index (κ2) is 11.5. The van der Waals surface area contributed by atoms with E-state index < -0.39 is 5.97 Å². The van der Waals surface area contributed by atoms with Crippen LogP contribution in [-0.2, 0) is 6.54 Å². The Morgan fingerprint density at radius 3 is 2.68 bits per heavy atom. The van der Waals surface area contributed by atoms with Gasteiger partial charge in [-0.3, -0.25) is 19.2 Å².